The molecule has 0 fully saturated rings. The number of carbonyl (C=O) groups excluding carboxylic acids is 2. The molecule has 2 aliphatic carbocycles. The third kappa shape index (κ3) is 1.48. The molecule has 1 aromatic carbocycles. The van der Waals surface area contributed by atoms with Gasteiger partial charge in [-0.25, -0.2) is 0 Å². The van der Waals surface area contributed by atoms with Crippen LogP contribution in [-0.2, 0) is 4.79 Å². The normalized spacial score (nSPS) is 27.0. The van der Waals surface area contributed by atoms with Crippen molar-refractivity contribution >= 4 is 11.6 Å². The Bertz CT molecular complexity index is 581. The zero-order valence-corrected chi connectivity index (χ0v) is 10.7. The molecule has 0 N–H and O–H groups in total. The average molecular weight is 240 g/mol. The summed E-state index contributed by atoms with van der Waals surface area (Å²) >= 11 is 0. The molecule has 0 heterocycles. The molecule has 0 radical (unpaired) electrons. The van der Waals surface area contributed by atoms with Gasteiger partial charge in [-0.2, -0.15) is 0 Å². The Morgan fingerprint density at radius 2 is 1.56 bits per heavy atom. The molecular formula is C16H16O2. The van der Waals surface area contributed by atoms with Gasteiger partial charge in [0.15, 0.2) is 0 Å². The van der Waals surface area contributed by atoms with E-state index in [4.69, 9.17) is 0 Å². The zero-order chi connectivity index (χ0) is 12.9. The lowest BCUT2D eigenvalue weighted by Crippen LogP contribution is -2.37. The minimum Gasteiger partial charge on any atom is -0.290 e. The van der Waals surface area contributed by atoms with Gasteiger partial charge in [0.05, 0.1) is 0 Å². The van der Waals surface area contributed by atoms with Gasteiger partial charge in [0.2, 0.25) is 11.6 Å². The van der Waals surface area contributed by atoms with Gasteiger partial charge in [-0.15, -0.1) is 0 Å². The molecule has 0 bridgehead atoms. The SMILES string of the molecule is CC1=C(C)C[C@H]2c3ccccc3C(=O)C(=O)[C@H]2C1. The second-order valence-electron chi connectivity index (χ2n) is 5.46. The number of Topliss-reactive ketones (excluding diaryl/α,β-unsaturated/α-hetero) is 2. The van der Waals surface area contributed by atoms with Crippen LogP contribution in [0, 0.1) is 5.92 Å². The molecule has 2 heteroatoms. The predicted molar refractivity (Wildman–Crippen MR) is 69.6 cm³/mol. The second-order valence-corrected chi connectivity index (χ2v) is 5.46. The molecule has 0 unspecified atom stereocenters. The Kier molecular flexibility index (Phi) is 2.47. The van der Waals surface area contributed by atoms with Crippen LogP contribution in [0.3, 0.4) is 0 Å². The summed E-state index contributed by atoms with van der Waals surface area (Å²) in [5, 5.41) is 0. The third-order valence-electron chi connectivity index (χ3n) is 4.43. The van der Waals surface area contributed by atoms with Crippen LogP contribution in [0.5, 0.6) is 0 Å². The third-order valence-corrected chi connectivity index (χ3v) is 4.43. The minimum absolute atomic E-state index is 0.129. The van der Waals surface area contributed by atoms with Gasteiger partial charge < -0.3 is 0 Å². The fourth-order valence-electron chi connectivity index (χ4n) is 3.22. The molecule has 1 aromatic rings. The average Bonchev–Trinajstić information content (AvgIpc) is 2.38. The number of hydrogen-bond acceptors (Lipinski definition) is 2. The summed E-state index contributed by atoms with van der Waals surface area (Å²) in [6.45, 7) is 4.21. The number of benzene rings is 1. The Balaban J connectivity index is 2.16. The van der Waals surface area contributed by atoms with E-state index in [2.05, 4.69) is 13.8 Å². The molecule has 3 rings (SSSR count). The van der Waals surface area contributed by atoms with E-state index in [-0.39, 0.29) is 23.4 Å². The van der Waals surface area contributed by atoms with Crippen molar-refractivity contribution in [2.45, 2.75) is 32.6 Å². The number of rotatable bonds is 0. The quantitative estimate of drug-likeness (QED) is 0.515. The summed E-state index contributed by atoms with van der Waals surface area (Å²) in [4.78, 5) is 24.3. The van der Waals surface area contributed by atoms with E-state index in [1.54, 1.807) is 6.07 Å². The van der Waals surface area contributed by atoms with E-state index < -0.39 is 0 Å². The van der Waals surface area contributed by atoms with Gasteiger partial charge in [0.25, 0.3) is 0 Å². The molecule has 0 saturated carbocycles. The van der Waals surface area contributed by atoms with Gasteiger partial charge in [-0.05, 0) is 38.2 Å². The molecule has 0 amide bonds. The molecule has 18 heavy (non-hydrogen) atoms. The summed E-state index contributed by atoms with van der Waals surface area (Å²) in [6, 6.07) is 7.58. The van der Waals surface area contributed by atoms with Gasteiger partial charge in [0, 0.05) is 11.5 Å². The summed E-state index contributed by atoms with van der Waals surface area (Å²) in [5.74, 6) is -0.407. The maximum absolute atomic E-state index is 12.2. The highest BCUT2D eigenvalue weighted by molar-refractivity contribution is 6.45. The van der Waals surface area contributed by atoms with E-state index in [9.17, 15) is 9.59 Å². The van der Waals surface area contributed by atoms with Crippen molar-refractivity contribution in [1.82, 2.24) is 0 Å². The summed E-state index contributed by atoms with van der Waals surface area (Å²) in [7, 11) is 0. The molecule has 2 atom stereocenters. The first-order valence-corrected chi connectivity index (χ1v) is 6.42. The van der Waals surface area contributed by atoms with Crippen molar-refractivity contribution in [1.29, 1.82) is 0 Å². The minimum atomic E-state index is -0.292. The number of ketones is 2. The van der Waals surface area contributed by atoms with E-state index in [0.29, 0.717) is 5.56 Å². The van der Waals surface area contributed by atoms with Gasteiger partial charge in [0.1, 0.15) is 0 Å². The van der Waals surface area contributed by atoms with Crippen LogP contribution in [0.4, 0.5) is 0 Å². The first kappa shape index (κ1) is 11.4. The highest BCUT2D eigenvalue weighted by Gasteiger charge is 2.42. The van der Waals surface area contributed by atoms with Gasteiger partial charge >= 0.3 is 0 Å². The topological polar surface area (TPSA) is 34.1 Å². The lowest BCUT2D eigenvalue weighted by molar-refractivity contribution is -0.119. The fourth-order valence-corrected chi connectivity index (χ4v) is 3.22. The van der Waals surface area contributed by atoms with E-state index in [0.717, 1.165) is 18.4 Å². The van der Waals surface area contributed by atoms with Crippen LogP contribution in [0.25, 0.3) is 0 Å². The van der Waals surface area contributed by atoms with Gasteiger partial charge in [-0.3, -0.25) is 9.59 Å². The monoisotopic (exact) mass is 240 g/mol. The number of fused-ring (bicyclic) bond motifs is 3. The lowest BCUT2D eigenvalue weighted by Gasteiger charge is -2.36. The maximum Gasteiger partial charge on any atom is 0.229 e. The lowest BCUT2D eigenvalue weighted by atomic mass is 9.66. The van der Waals surface area contributed by atoms with Crippen molar-refractivity contribution in [3.63, 3.8) is 0 Å². The van der Waals surface area contributed by atoms with Crippen molar-refractivity contribution < 1.29 is 9.59 Å². The van der Waals surface area contributed by atoms with Crippen molar-refractivity contribution in [3.05, 3.63) is 46.5 Å². The highest BCUT2D eigenvalue weighted by atomic mass is 16.2. The van der Waals surface area contributed by atoms with Crippen LogP contribution in [0.2, 0.25) is 0 Å². The smallest absolute Gasteiger partial charge is 0.229 e. The second kappa shape index (κ2) is 3.91. The Hall–Kier alpha value is -1.70. The Morgan fingerprint density at radius 1 is 0.944 bits per heavy atom. The number of carbonyl (C=O) groups is 2. The highest BCUT2D eigenvalue weighted by Crippen LogP contribution is 2.45. The van der Waals surface area contributed by atoms with Crippen molar-refractivity contribution in [2.75, 3.05) is 0 Å². The number of hydrogen-bond donors (Lipinski definition) is 0. The molecule has 0 aliphatic heterocycles. The standard InChI is InChI=1S/C16H16O2/c1-9-7-13-11-5-3-4-6-12(11)15(17)16(18)14(13)8-10(9)2/h3-6,13-14H,7-8H2,1-2H3/t13-,14-/m0/s1. The van der Waals surface area contributed by atoms with Crippen LogP contribution >= 0.6 is 0 Å². The largest absolute Gasteiger partial charge is 0.290 e. The molecule has 0 spiro atoms. The molecule has 2 nitrogen and oxygen atoms in total. The van der Waals surface area contributed by atoms with E-state index >= 15 is 0 Å². The van der Waals surface area contributed by atoms with E-state index in [1.165, 1.54) is 11.1 Å². The Morgan fingerprint density at radius 3 is 2.28 bits per heavy atom. The number of allylic oxidation sites excluding steroid dienone is 2. The van der Waals surface area contributed by atoms with Crippen LogP contribution in [0.1, 0.15) is 48.5 Å². The Labute approximate surface area is 107 Å². The van der Waals surface area contributed by atoms with Gasteiger partial charge in [-0.1, -0.05) is 35.4 Å². The van der Waals surface area contributed by atoms with Crippen LogP contribution in [-0.4, -0.2) is 11.6 Å². The molecular weight excluding hydrogens is 224 g/mol. The van der Waals surface area contributed by atoms with Crippen LogP contribution < -0.4 is 0 Å². The molecule has 2 aliphatic rings. The van der Waals surface area contributed by atoms with E-state index in [1.807, 2.05) is 18.2 Å². The van der Waals surface area contributed by atoms with Crippen molar-refractivity contribution in [3.8, 4) is 0 Å². The zero-order valence-electron chi connectivity index (χ0n) is 10.7. The summed E-state index contributed by atoms with van der Waals surface area (Å²) in [5.41, 5.74) is 4.33. The summed E-state index contributed by atoms with van der Waals surface area (Å²) < 4.78 is 0. The molecule has 92 valence electrons. The first-order chi connectivity index (χ1) is 8.59. The fraction of sp³-hybridized carbons (Fsp3) is 0.375. The van der Waals surface area contributed by atoms with Crippen molar-refractivity contribution in [2.24, 2.45) is 5.92 Å². The molecule has 0 saturated heterocycles. The maximum atomic E-state index is 12.2. The summed E-state index contributed by atoms with van der Waals surface area (Å²) in [6.07, 6.45) is 1.65. The predicted octanol–water partition coefficient (Wildman–Crippen LogP) is 3.28. The first-order valence-electron chi connectivity index (χ1n) is 6.42. The molecule has 0 aromatic heterocycles. The van der Waals surface area contributed by atoms with Crippen LogP contribution in [0.15, 0.2) is 35.4 Å².